The molecule has 2 heteroatoms. The van der Waals surface area contributed by atoms with Gasteiger partial charge in [0.2, 0.25) is 0 Å². The Balaban J connectivity index is 4.52. The van der Waals surface area contributed by atoms with Crippen molar-refractivity contribution in [2.45, 2.75) is 85.5 Å². The molecule has 0 saturated carbocycles. The van der Waals surface area contributed by atoms with Crippen LogP contribution in [0.15, 0.2) is 0 Å². The lowest BCUT2D eigenvalue weighted by atomic mass is 9.76. The fourth-order valence-corrected chi connectivity index (χ4v) is 2.32. The van der Waals surface area contributed by atoms with E-state index in [1.165, 1.54) is 0 Å². The molecule has 0 N–H and O–H groups in total. The largest absolute Gasteiger partial charge is 0.465 e. The van der Waals surface area contributed by atoms with Crippen LogP contribution in [0.25, 0.3) is 0 Å². The van der Waals surface area contributed by atoms with E-state index >= 15 is 0 Å². The third-order valence-electron chi connectivity index (χ3n) is 3.86. The van der Waals surface area contributed by atoms with Crippen molar-refractivity contribution in [2.75, 3.05) is 6.61 Å². The SMILES string of the molecule is CCCCOC(=O)C(CC)(CCCC)CCCC. The highest BCUT2D eigenvalue weighted by molar-refractivity contribution is 5.76. The van der Waals surface area contributed by atoms with Gasteiger partial charge in [0.15, 0.2) is 0 Å². The first-order valence-corrected chi connectivity index (χ1v) is 7.84. The van der Waals surface area contributed by atoms with Crippen LogP contribution in [0.3, 0.4) is 0 Å². The van der Waals surface area contributed by atoms with E-state index in [0.717, 1.165) is 57.8 Å². The summed E-state index contributed by atoms with van der Waals surface area (Å²) in [6, 6.07) is 0. The molecular formula is C16H32O2. The minimum atomic E-state index is -0.209. The fourth-order valence-electron chi connectivity index (χ4n) is 2.32. The van der Waals surface area contributed by atoms with E-state index < -0.39 is 0 Å². The average Bonchev–Trinajstić information content (AvgIpc) is 2.40. The molecule has 0 aliphatic heterocycles. The van der Waals surface area contributed by atoms with Crippen LogP contribution in [0.5, 0.6) is 0 Å². The number of ether oxygens (including phenoxy) is 1. The van der Waals surface area contributed by atoms with E-state index in [9.17, 15) is 4.79 Å². The molecule has 0 aromatic rings. The zero-order valence-corrected chi connectivity index (χ0v) is 12.9. The van der Waals surface area contributed by atoms with Gasteiger partial charge in [-0.05, 0) is 25.7 Å². The molecule has 0 unspecified atom stereocenters. The van der Waals surface area contributed by atoms with Gasteiger partial charge in [-0.3, -0.25) is 4.79 Å². The van der Waals surface area contributed by atoms with Crippen molar-refractivity contribution in [1.29, 1.82) is 0 Å². The molecule has 0 aromatic carbocycles. The van der Waals surface area contributed by atoms with Crippen LogP contribution in [0.2, 0.25) is 0 Å². The smallest absolute Gasteiger partial charge is 0.312 e. The Kier molecular flexibility index (Phi) is 10.1. The summed E-state index contributed by atoms with van der Waals surface area (Å²) in [5, 5.41) is 0. The average molecular weight is 256 g/mol. The zero-order chi connectivity index (χ0) is 13.9. The molecule has 0 fully saturated rings. The summed E-state index contributed by atoms with van der Waals surface area (Å²) in [6.07, 6.45) is 9.50. The summed E-state index contributed by atoms with van der Waals surface area (Å²) in [4.78, 5) is 12.4. The van der Waals surface area contributed by atoms with Crippen molar-refractivity contribution in [3.8, 4) is 0 Å². The van der Waals surface area contributed by atoms with Gasteiger partial charge >= 0.3 is 5.97 Å². The van der Waals surface area contributed by atoms with Gasteiger partial charge < -0.3 is 4.74 Å². The molecule has 18 heavy (non-hydrogen) atoms. The van der Waals surface area contributed by atoms with E-state index in [-0.39, 0.29) is 11.4 Å². The van der Waals surface area contributed by atoms with Gasteiger partial charge in [-0.25, -0.2) is 0 Å². The maximum atomic E-state index is 12.4. The molecule has 0 radical (unpaired) electrons. The van der Waals surface area contributed by atoms with Crippen molar-refractivity contribution < 1.29 is 9.53 Å². The molecular weight excluding hydrogens is 224 g/mol. The van der Waals surface area contributed by atoms with E-state index in [2.05, 4.69) is 27.7 Å². The summed E-state index contributed by atoms with van der Waals surface area (Å²) >= 11 is 0. The van der Waals surface area contributed by atoms with Crippen LogP contribution in [-0.4, -0.2) is 12.6 Å². The standard InChI is InChI=1S/C16H32O2/c1-5-9-12-16(8-4,13-10-6-2)15(17)18-14-11-7-3/h5-14H2,1-4H3. The Labute approximate surface area is 113 Å². The maximum absolute atomic E-state index is 12.4. The van der Waals surface area contributed by atoms with Crippen molar-refractivity contribution >= 4 is 5.97 Å². The Hall–Kier alpha value is -0.530. The first kappa shape index (κ1) is 17.5. The highest BCUT2D eigenvalue weighted by atomic mass is 16.5. The number of rotatable bonds is 11. The molecule has 108 valence electrons. The van der Waals surface area contributed by atoms with Crippen LogP contribution in [0.4, 0.5) is 0 Å². The van der Waals surface area contributed by atoms with Crippen LogP contribution in [0.1, 0.15) is 85.5 Å². The van der Waals surface area contributed by atoms with E-state index in [0.29, 0.717) is 6.61 Å². The number of carbonyl (C=O) groups is 1. The van der Waals surface area contributed by atoms with Crippen LogP contribution in [-0.2, 0) is 9.53 Å². The van der Waals surface area contributed by atoms with Gasteiger partial charge in [-0.1, -0.05) is 59.8 Å². The molecule has 0 aliphatic carbocycles. The normalized spacial score (nSPS) is 11.6. The van der Waals surface area contributed by atoms with Gasteiger partial charge in [0.1, 0.15) is 0 Å². The Bertz CT molecular complexity index is 203. The highest BCUT2D eigenvalue weighted by Crippen LogP contribution is 2.36. The summed E-state index contributed by atoms with van der Waals surface area (Å²) in [5.41, 5.74) is -0.209. The molecule has 0 rings (SSSR count). The van der Waals surface area contributed by atoms with E-state index in [4.69, 9.17) is 4.74 Å². The Morgan fingerprint density at radius 3 is 1.78 bits per heavy atom. The summed E-state index contributed by atoms with van der Waals surface area (Å²) in [7, 11) is 0. The van der Waals surface area contributed by atoms with Crippen LogP contribution in [0, 0.1) is 5.41 Å². The topological polar surface area (TPSA) is 26.3 Å². The van der Waals surface area contributed by atoms with E-state index in [1.807, 2.05) is 0 Å². The second-order valence-corrected chi connectivity index (χ2v) is 5.33. The molecule has 0 heterocycles. The van der Waals surface area contributed by atoms with Crippen molar-refractivity contribution in [3.05, 3.63) is 0 Å². The van der Waals surface area contributed by atoms with Gasteiger partial charge in [-0.15, -0.1) is 0 Å². The molecule has 0 aliphatic rings. The summed E-state index contributed by atoms with van der Waals surface area (Å²) in [5.74, 6) is 0.0559. The number of hydrogen-bond acceptors (Lipinski definition) is 2. The lowest BCUT2D eigenvalue weighted by molar-refractivity contribution is -0.157. The fraction of sp³-hybridized carbons (Fsp3) is 0.938. The molecule has 2 nitrogen and oxygen atoms in total. The quantitative estimate of drug-likeness (QED) is 0.379. The molecule has 0 saturated heterocycles. The molecule has 0 atom stereocenters. The predicted molar refractivity (Wildman–Crippen MR) is 77.6 cm³/mol. The Morgan fingerprint density at radius 1 is 0.889 bits per heavy atom. The van der Waals surface area contributed by atoms with Crippen LogP contribution >= 0.6 is 0 Å². The predicted octanol–water partition coefficient (Wildman–Crippen LogP) is 5.11. The number of carbonyl (C=O) groups excluding carboxylic acids is 1. The monoisotopic (exact) mass is 256 g/mol. The second kappa shape index (κ2) is 10.4. The van der Waals surface area contributed by atoms with Crippen LogP contribution < -0.4 is 0 Å². The van der Waals surface area contributed by atoms with E-state index in [1.54, 1.807) is 0 Å². The first-order chi connectivity index (χ1) is 8.66. The molecule has 0 amide bonds. The van der Waals surface area contributed by atoms with Gasteiger partial charge in [0, 0.05) is 0 Å². The van der Waals surface area contributed by atoms with Crippen molar-refractivity contribution in [2.24, 2.45) is 5.41 Å². The van der Waals surface area contributed by atoms with Gasteiger partial charge in [0.25, 0.3) is 0 Å². The summed E-state index contributed by atoms with van der Waals surface area (Å²) in [6.45, 7) is 9.21. The minimum Gasteiger partial charge on any atom is -0.465 e. The zero-order valence-electron chi connectivity index (χ0n) is 12.9. The van der Waals surface area contributed by atoms with Crippen molar-refractivity contribution in [3.63, 3.8) is 0 Å². The first-order valence-electron chi connectivity index (χ1n) is 7.84. The lowest BCUT2D eigenvalue weighted by Gasteiger charge is -2.30. The molecule has 0 spiro atoms. The summed E-state index contributed by atoms with van der Waals surface area (Å²) < 4.78 is 5.49. The Morgan fingerprint density at radius 2 is 1.39 bits per heavy atom. The second-order valence-electron chi connectivity index (χ2n) is 5.33. The number of esters is 1. The highest BCUT2D eigenvalue weighted by Gasteiger charge is 2.36. The third-order valence-corrected chi connectivity index (χ3v) is 3.86. The van der Waals surface area contributed by atoms with Gasteiger partial charge in [0.05, 0.1) is 12.0 Å². The number of hydrogen-bond donors (Lipinski definition) is 0. The lowest BCUT2D eigenvalue weighted by Crippen LogP contribution is -2.33. The third kappa shape index (κ3) is 5.88. The molecule has 0 bridgehead atoms. The minimum absolute atomic E-state index is 0.0559. The number of unbranched alkanes of at least 4 members (excludes halogenated alkanes) is 3. The molecule has 0 aromatic heterocycles. The van der Waals surface area contributed by atoms with Crippen molar-refractivity contribution in [1.82, 2.24) is 0 Å². The maximum Gasteiger partial charge on any atom is 0.312 e. The van der Waals surface area contributed by atoms with Gasteiger partial charge in [-0.2, -0.15) is 0 Å².